The van der Waals surface area contributed by atoms with E-state index in [1.165, 1.54) is 0 Å². The number of nitrogens with zero attached hydrogens (tertiary/aromatic N) is 1. The van der Waals surface area contributed by atoms with Gasteiger partial charge in [-0.25, -0.2) is 0 Å². The molecule has 1 unspecified atom stereocenters. The monoisotopic (exact) mass is 272 g/mol. The number of hydrogen-bond acceptors (Lipinski definition) is 3. The zero-order valence-corrected chi connectivity index (χ0v) is 11.2. The summed E-state index contributed by atoms with van der Waals surface area (Å²) >= 11 is 5.96. The molecule has 2 heterocycles. The number of fused-ring (bicyclic) bond motifs is 1. The predicted octanol–water partition coefficient (Wildman–Crippen LogP) is 3.84. The van der Waals surface area contributed by atoms with Gasteiger partial charge < -0.3 is 10.2 Å². The van der Waals surface area contributed by atoms with Crippen LogP contribution in [-0.2, 0) is 0 Å². The number of rotatable bonds is 2. The number of benzene rings is 1. The van der Waals surface area contributed by atoms with Gasteiger partial charge in [-0.3, -0.25) is 4.98 Å². The molecule has 0 aliphatic heterocycles. The largest absolute Gasteiger partial charge is 0.459 e. The van der Waals surface area contributed by atoms with Gasteiger partial charge in [0.1, 0.15) is 11.3 Å². The number of furan rings is 1. The van der Waals surface area contributed by atoms with Crippen LogP contribution in [0.15, 0.2) is 47.0 Å². The molecular formula is C15H13ClN2O. The van der Waals surface area contributed by atoms with Gasteiger partial charge in [0.25, 0.3) is 0 Å². The Morgan fingerprint density at radius 3 is 2.79 bits per heavy atom. The van der Waals surface area contributed by atoms with E-state index >= 15 is 0 Å². The van der Waals surface area contributed by atoms with Gasteiger partial charge in [0.15, 0.2) is 0 Å². The van der Waals surface area contributed by atoms with E-state index in [1.54, 1.807) is 12.3 Å². The summed E-state index contributed by atoms with van der Waals surface area (Å²) in [6, 6.07) is 11.0. The van der Waals surface area contributed by atoms with Gasteiger partial charge in [0, 0.05) is 22.3 Å². The van der Waals surface area contributed by atoms with Crippen molar-refractivity contribution < 1.29 is 4.42 Å². The molecule has 3 aromatic rings. The third kappa shape index (κ3) is 2.35. The van der Waals surface area contributed by atoms with Crippen LogP contribution >= 0.6 is 11.6 Å². The Morgan fingerprint density at radius 1 is 1.21 bits per heavy atom. The number of nitrogens with two attached hydrogens (primary N) is 1. The highest BCUT2D eigenvalue weighted by molar-refractivity contribution is 6.31. The molecule has 0 saturated heterocycles. The van der Waals surface area contributed by atoms with Crippen LogP contribution in [0.3, 0.4) is 0 Å². The highest BCUT2D eigenvalue weighted by Crippen LogP contribution is 2.28. The molecule has 0 saturated carbocycles. The van der Waals surface area contributed by atoms with E-state index in [2.05, 4.69) is 4.98 Å². The first-order valence-corrected chi connectivity index (χ1v) is 6.38. The van der Waals surface area contributed by atoms with Crippen molar-refractivity contribution in [2.45, 2.75) is 13.0 Å². The van der Waals surface area contributed by atoms with Crippen LogP contribution in [0.5, 0.6) is 0 Å². The lowest BCUT2D eigenvalue weighted by atomic mass is 10.1. The molecule has 0 spiro atoms. The first-order valence-electron chi connectivity index (χ1n) is 6.00. The molecule has 96 valence electrons. The molecule has 1 atom stereocenters. The Kier molecular flexibility index (Phi) is 3.01. The minimum Gasteiger partial charge on any atom is -0.459 e. The quantitative estimate of drug-likeness (QED) is 0.771. The van der Waals surface area contributed by atoms with E-state index in [0.29, 0.717) is 10.8 Å². The van der Waals surface area contributed by atoms with Crippen LogP contribution in [0.1, 0.15) is 23.1 Å². The molecule has 4 heteroatoms. The van der Waals surface area contributed by atoms with Gasteiger partial charge in [-0.2, -0.15) is 0 Å². The molecule has 0 fully saturated rings. The molecule has 3 rings (SSSR count). The fourth-order valence-corrected chi connectivity index (χ4v) is 2.20. The summed E-state index contributed by atoms with van der Waals surface area (Å²) in [5.74, 6) is 0.711. The normalized spacial score (nSPS) is 12.8. The maximum atomic E-state index is 6.20. The van der Waals surface area contributed by atoms with Crippen LogP contribution in [-0.4, -0.2) is 4.98 Å². The highest BCUT2D eigenvalue weighted by Gasteiger charge is 2.14. The molecular weight excluding hydrogens is 260 g/mol. The zero-order valence-electron chi connectivity index (χ0n) is 10.4. The first-order chi connectivity index (χ1) is 9.13. The van der Waals surface area contributed by atoms with Gasteiger partial charge >= 0.3 is 0 Å². The fraction of sp³-hybridized carbons (Fsp3) is 0.133. The van der Waals surface area contributed by atoms with Gasteiger partial charge in [0.05, 0.1) is 6.04 Å². The lowest BCUT2D eigenvalue weighted by molar-refractivity contribution is 0.524. The molecule has 0 amide bonds. The van der Waals surface area contributed by atoms with Crippen LogP contribution < -0.4 is 5.73 Å². The summed E-state index contributed by atoms with van der Waals surface area (Å²) in [4.78, 5) is 4.25. The molecule has 19 heavy (non-hydrogen) atoms. The standard InChI is InChI=1S/C15H13ClN2O/c1-9-2-3-10(8-18-9)15(17)14-7-11-6-12(16)4-5-13(11)19-14/h2-8,15H,17H2,1H3. The lowest BCUT2D eigenvalue weighted by Crippen LogP contribution is -2.11. The Morgan fingerprint density at radius 2 is 2.05 bits per heavy atom. The number of aryl methyl sites for hydroxylation is 1. The van der Waals surface area contributed by atoms with Gasteiger partial charge in [-0.15, -0.1) is 0 Å². The van der Waals surface area contributed by atoms with Crippen LogP contribution in [0.25, 0.3) is 11.0 Å². The minimum atomic E-state index is -0.320. The molecule has 0 bridgehead atoms. The molecule has 2 aromatic heterocycles. The van der Waals surface area contributed by atoms with Crippen molar-refractivity contribution in [2.75, 3.05) is 0 Å². The van der Waals surface area contributed by atoms with Crippen LogP contribution in [0.4, 0.5) is 0 Å². The molecule has 0 aliphatic rings. The number of aromatic nitrogens is 1. The van der Waals surface area contributed by atoms with Crippen LogP contribution in [0, 0.1) is 6.92 Å². The Bertz CT molecular complexity index is 719. The van der Waals surface area contributed by atoms with Crippen molar-refractivity contribution in [2.24, 2.45) is 5.73 Å². The Labute approximate surface area is 116 Å². The summed E-state index contributed by atoms with van der Waals surface area (Å²) in [7, 11) is 0. The third-order valence-electron chi connectivity index (χ3n) is 3.10. The smallest absolute Gasteiger partial charge is 0.134 e. The van der Waals surface area contributed by atoms with E-state index in [1.807, 2.05) is 37.3 Å². The molecule has 1 aromatic carbocycles. The van der Waals surface area contributed by atoms with Crippen molar-refractivity contribution in [1.29, 1.82) is 0 Å². The molecule has 3 nitrogen and oxygen atoms in total. The maximum absolute atomic E-state index is 6.20. The second-order valence-electron chi connectivity index (χ2n) is 4.54. The number of hydrogen-bond donors (Lipinski definition) is 1. The summed E-state index contributed by atoms with van der Waals surface area (Å²) < 4.78 is 5.76. The summed E-state index contributed by atoms with van der Waals surface area (Å²) in [5.41, 5.74) is 8.88. The number of halogens is 1. The van der Waals surface area contributed by atoms with E-state index in [-0.39, 0.29) is 6.04 Å². The SMILES string of the molecule is Cc1ccc(C(N)c2cc3cc(Cl)ccc3o2)cn1. The van der Waals surface area contributed by atoms with Crippen molar-refractivity contribution >= 4 is 22.6 Å². The second-order valence-corrected chi connectivity index (χ2v) is 4.98. The van der Waals surface area contributed by atoms with Gasteiger partial charge in [-0.05, 0) is 42.8 Å². The van der Waals surface area contributed by atoms with Crippen molar-refractivity contribution in [1.82, 2.24) is 4.98 Å². The molecule has 0 radical (unpaired) electrons. The third-order valence-corrected chi connectivity index (χ3v) is 3.33. The van der Waals surface area contributed by atoms with Gasteiger partial charge in [0.2, 0.25) is 0 Å². The van der Waals surface area contributed by atoms with Crippen molar-refractivity contribution in [3.8, 4) is 0 Å². The van der Waals surface area contributed by atoms with Gasteiger partial charge in [-0.1, -0.05) is 17.7 Å². The first kappa shape index (κ1) is 12.2. The topological polar surface area (TPSA) is 52.0 Å². The highest BCUT2D eigenvalue weighted by atomic mass is 35.5. The Balaban J connectivity index is 2.01. The minimum absolute atomic E-state index is 0.320. The summed E-state index contributed by atoms with van der Waals surface area (Å²) in [6.07, 6.45) is 1.78. The average Bonchev–Trinajstić information content (AvgIpc) is 2.81. The van der Waals surface area contributed by atoms with Crippen molar-refractivity contribution in [3.63, 3.8) is 0 Å². The zero-order chi connectivity index (χ0) is 13.4. The van der Waals surface area contributed by atoms with E-state index < -0.39 is 0 Å². The molecule has 2 N–H and O–H groups in total. The molecule has 0 aliphatic carbocycles. The Hall–Kier alpha value is -1.84. The maximum Gasteiger partial charge on any atom is 0.134 e. The second kappa shape index (κ2) is 4.68. The predicted molar refractivity (Wildman–Crippen MR) is 76.2 cm³/mol. The van der Waals surface area contributed by atoms with E-state index in [0.717, 1.165) is 22.2 Å². The number of pyridine rings is 1. The fourth-order valence-electron chi connectivity index (χ4n) is 2.02. The average molecular weight is 273 g/mol. The summed E-state index contributed by atoms with van der Waals surface area (Å²) in [6.45, 7) is 1.94. The van der Waals surface area contributed by atoms with Crippen molar-refractivity contribution in [3.05, 3.63) is 64.6 Å². The summed E-state index contributed by atoms with van der Waals surface area (Å²) in [5, 5.41) is 1.64. The van der Waals surface area contributed by atoms with Crippen LogP contribution in [0.2, 0.25) is 5.02 Å². The lowest BCUT2D eigenvalue weighted by Gasteiger charge is -2.08. The van der Waals surface area contributed by atoms with E-state index in [9.17, 15) is 0 Å². The van der Waals surface area contributed by atoms with E-state index in [4.69, 9.17) is 21.8 Å².